The van der Waals surface area contributed by atoms with Gasteiger partial charge in [-0.05, 0) is 38.1 Å². The topological polar surface area (TPSA) is 54.4 Å². The molecule has 21 heavy (non-hydrogen) atoms. The second kappa shape index (κ2) is 8.12. The lowest BCUT2D eigenvalue weighted by molar-refractivity contribution is 0.191. The fourth-order valence-electron chi connectivity index (χ4n) is 1.95. The molecule has 2 aromatic rings. The lowest BCUT2D eigenvalue weighted by Gasteiger charge is -2.05. The summed E-state index contributed by atoms with van der Waals surface area (Å²) in [7, 11) is 0. The first-order valence-electron chi connectivity index (χ1n) is 7.25. The minimum Gasteiger partial charge on any atom is -0.494 e. The number of benzene rings is 1. The van der Waals surface area contributed by atoms with Crippen molar-refractivity contribution in [2.75, 3.05) is 19.7 Å². The molecule has 4 nitrogen and oxygen atoms in total. The average Bonchev–Trinajstić information content (AvgIpc) is 2.93. The van der Waals surface area contributed by atoms with Crippen molar-refractivity contribution in [3.8, 4) is 17.0 Å². The molecule has 0 aliphatic rings. The third-order valence-corrected chi connectivity index (χ3v) is 3.88. The van der Waals surface area contributed by atoms with Crippen molar-refractivity contribution in [1.29, 1.82) is 0 Å². The largest absolute Gasteiger partial charge is 0.494 e. The minimum atomic E-state index is -0.305. The molecule has 1 aromatic heterocycles. The van der Waals surface area contributed by atoms with E-state index in [4.69, 9.17) is 4.74 Å². The summed E-state index contributed by atoms with van der Waals surface area (Å²) >= 11 is 1.67. The summed E-state index contributed by atoms with van der Waals surface area (Å²) < 4.78 is 5.44. The van der Waals surface area contributed by atoms with E-state index in [-0.39, 0.29) is 6.10 Å². The van der Waals surface area contributed by atoms with Gasteiger partial charge in [-0.15, -0.1) is 11.3 Å². The van der Waals surface area contributed by atoms with E-state index in [0.29, 0.717) is 13.2 Å². The van der Waals surface area contributed by atoms with E-state index in [1.165, 1.54) is 0 Å². The molecule has 2 N–H and O–H groups in total. The zero-order chi connectivity index (χ0) is 15.1. The van der Waals surface area contributed by atoms with Crippen molar-refractivity contribution in [2.45, 2.75) is 26.4 Å². The Morgan fingerprint density at radius 1 is 1.33 bits per heavy atom. The van der Waals surface area contributed by atoms with Crippen LogP contribution in [0.25, 0.3) is 11.3 Å². The van der Waals surface area contributed by atoms with Crippen LogP contribution in [-0.2, 0) is 6.42 Å². The van der Waals surface area contributed by atoms with Gasteiger partial charge in [-0.1, -0.05) is 0 Å². The third kappa shape index (κ3) is 5.12. The zero-order valence-corrected chi connectivity index (χ0v) is 13.3. The number of hydrogen-bond donors (Lipinski definition) is 2. The molecule has 1 aromatic carbocycles. The summed E-state index contributed by atoms with van der Waals surface area (Å²) in [6.07, 6.45) is 0.578. The Morgan fingerprint density at radius 2 is 2.10 bits per heavy atom. The van der Waals surface area contributed by atoms with Gasteiger partial charge in [0.05, 0.1) is 23.4 Å². The van der Waals surface area contributed by atoms with Crippen LogP contribution >= 0.6 is 11.3 Å². The van der Waals surface area contributed by atoms with E-state index in [1.54, 1.807) is 18.3 Å². The van der Waals surface area contributed by atoms with Crippen LogP contribution in [-0.4, -0.2) is 35.9 Å². The number of nitrogens with one attached hydrogen (secondary N) is 1. The molecule has 114 valence electrons. The summed E-state index contributed by atoms with van der Waals surface area (Å²) in [4.78, 5) is 4.65. The Kier molecular flexibility index (Phi) is 6.17. The molecule has 0 bridgehead atoms. The second-order valence-corrected chi connectivity index (χ2v) is 5.83. The molecule has 0 radical (unpaired) electrons. The fraction of sp³-hybridized carbons (Fsp3) is 0.438. The highest BCUT2D eigenvalue weighted by molar-refractivity contribution is 7.09. The van der Waals surface area contributed by atoms with Gasteiger partial charge in [0.1, 0.15) is 5.75 Å². The number of nitrogens with zero attached hydrogens (tertiary/aromatic N) is 1. The molecule has 0 aliphatic carbocycles. The van der Waals surface area contributed by atoms with Gasteiger partial charge in [0.15, 0.2) is 0 Å². The molecule has 0 aliphatic heterocycles. The van der Waals surface area contributed by atoms with Crippen LogP contribution in [0, 0.1) is 0 Å². The van der Waals surface area contributed by atoms with Crippen LogP contribution in [0.15, 0.2) is 29.6 Å². The summed E-state index contributed by atoms with van der Waals surface area (Å²) in [6, 6.07) is 8.02. The zero-order valence-electron chi connectivity index (χ0n) is 12.5. The SMILES string of the molecule is CCOc1ccc(-c2csc(CCNCC(C)O)n2)cc1. The molecule has 5 heteroatoms. The van der Waals surface area contributed by atoms with Gasteiger partial charge in [-0.2, -0.15) is 0 Å². The number of ether oxygens (including phenoxy) is 1. The molecule has 1 unspecified atom stereocenters. The van der Waals surface area contributed by atoms with Crippen molar-refractivity contribution in [2.24, 2.45) is 0 Å². The number of aliphatic hydroxyl groups excluding tert-OH is 1. The molecule has 0 amide bonds. The highest BCUT2D eigenvalue weighted by Gasteiger charge is 2.05. The summed E-state index contributed by atoms with van der Waals surface area (Å²) in [5, 5.41) is 15.6. The highest BCUT2D eigenvalue weighted by Crippen LogP contribution is 2.24. The molecule has 2 rings (SSSR count). The van der Waals surface area contributed by atoms with Crippen LogP contribution < -0.4 is 10.1 Å². The molecular weight excluding hydrogens is 284 g/mol. The normalized spacial score (nSPS) is 12.3. The first-order valence-corrected chi connectivity index (χ1v) is 8.13. The monoisotopic (exact) mass is 306 g/mol. The number of rotatable bonds is 8. The molecule has 1 atom stereocenters. The maximum atomic E-state index is 9.18. The standard InChI is InChI=1S/C16H22N2O2S/c1-3-20-14-6-4-13(5-7-14)15-11-21-16(18-15)8-9-17-10-12(2)19/h4-7,11-12,17,19H,3,8-10H2,1-2H3. The van der Waals surface area contributed by atoms with E-state index in [0.717, 1.165) is 35.0 Å². The maximum absolute atomic E-state index is 9.18. The van der Waals surface area contributed by atoms with E-state index in [2.05, 4.69) is 15.7 Å². The quantitative estimate of drug-likeness (QED) is 0.736. The summed E-state index contributed by atoms with van der Waals surface area (Å²) in [6.45, 7) is 5.89. The fourth-order valence-corrected chi connectivity index (χ4v) is 2.76. The molecular formula is C16H22N2O2S. The molecule has 0 saturated heterocycles. The van der Waals surface area contributed by atoms with E-state index in [9.17, 15) is 5.11 Å². The van der Waals surface area contributed by atoms with Gasteiger partial charge in [-0.3, -0.25) is 0 Å². The lowest BCUT2D eigenvalue weighted by Crippen LogP contribution is -2.26. The predicted octanol–water partition coefficient (Wildman–Crippen LogP) is 2.72. The molecule has 1 heterocycles. The number of thiazole rings is 1. The lowest BCUT2D eigenvalue weighted by atomic mass is 10.2. The van der Waals surface area contributed by atoms with Crippen LogP contribution in [0.4, 0.5) is 0 Å². The average molecular weight is 306 g/mol. The Hall–Kier alpha value is -1.43. The van der Waals surface area contributed by atoms with Gasteiger partial charge in [0.25, 0.3) is 0 Å². The summed E-state index contributed by atoms with van der Waals surface area (Å²) in [5.74, 6) is 0.888. The van der Waals surface area contributed by atoms with Crippen LogP contribution in [0.2, 0.25) is 0 Å². The van der Waals surface area contributed by atoms with Crippen molar-refractivity contribution in [3.05, 3.63) is 34.7 Å². The van der Waals surface area contributed by atoms with Gasteiger partial charge in [0, 0.05) is 30.5 Å². The van der Waals surface area contributed by atoms with Gasteiger partial charge in [0.2, 0.25) is 0 Å². The van der Waals surface area contributed by atoms with Crippen molar-refractivity contribution in [1.82, 2.24) is 10.3 Å². The molecule has 0 spiro atoms. The Bertz CT molecular complexity index is 537. The van der Waals surface area contributed by atoms with Crippen molar-refractivity contribution >= 4 is 11.3 Å². The first-order chi connectivity index (χ1) is 10.2. The minimum absolute atomic E-state index is 0.305. The Morgan fingerprint density at radius 3 is 2.76 bits per heavy atom. The van der Waals surface area contributed by atoms with Gasteiger partial charge >= 0.3 is 0 Å². The second-order valence-electron chi connectivity index (χ2n) is 4.89. The van der Waals surface area contributed by atoms with Crippen LogP contribution in [0.3, 0.4) is 0 Å². The Balaban J connectivity index is 1.89. The van der Waals surface area contributed by atoms with Crippen LogP contribution in [0.1, 0.15) is 18.9 Å². The van der Waals surface area contributed by atoms with E-state index < -0.39 is 0 Å². The maximum Gasteiger partial charge on any atom is 0.119 e. The molecule has 0 saturated carbocycles. The Labute approximate surface area is 129 Å². The molecule has 0 fully saturated rings. The third-order valence-electron chi connectivity index (χ3n) is 2.97. The number of hydrogen-bond acceptors (Lipinski definition) is 5. The van der Waals surface area contributed by atoms with Crippen molar-refractivity contribution < 1.29 is 9.84 Å². The smallest absolute Gasteiger partial charge is 0.119 e. The highest BCUT2D eigenvalue weighted by atomic mass is 32.1. The van der Waals surface area contributed by atoms with E-state index >= 15 is 0 Å². The predicted molar refractivity (Wildman–Crippen MR) is 87.0 cm³/mol. The number of aromatic nitrogens is 1. The first kappa shape index (κ1) is 15.9. The number of aliphatic hydroxyl groups is 1. The van der Waals surface area contributed by atoms with Crippen LogP contribution in [0.5, 0.6) is 5.75 Å². The van der Waals surface area contributed by atoms with Gasteiger partial charge < -0.3 is 15.2 Å². The van der Waals surface area contributed by atoms with E-state index in [1.807, 2.05) is 31.2 Å². The van der Waals surface area contributed by atoms with Gasteiger partial charge in [-0.25, -0.2) is 4.98 Å². The van der Waals surface area contributed by atoms with Crippen molar-refractivity contribution in [3.63, 3.8) is 0 Å². The summed E-state index contributed by atoms with van der Waals surface area (Å²) in [5.41, 5.74) is 2.12.